The van der Waals surface area contributed by atoms with E-state index in [-0.39, 0.29) is 19.4 Å². The zero-order valence-corrected chi connectivity index (χ0v) is 38.9. The normalized spacial score (nSPS) is 13.9. The van der Waals surface area contributed by atoms with Gasteiger partial charge in [0.05, 0.1) is 13.2 Å². The maximum absolute atomic E-state index is 12.7. The molecule has 3 atom stereocenters. The average molecular weight is 870 g/mol. The minimum Gasteiger partial charge on any atom is -0.480 e. The third kappa shape index (κ3) is 42.4. The van der Waals surface area contributed by atoms with Gasteiger partial charge in [-0.25, -0.2) is 4.57 Å². The number of nitrogens with two attached hydrogens (primary N) is 1. The van der Waals surface area contributed by atoms with E-state index in [0.717, 1.165) is 38.5 Å². The number of carbonyl (C=O) groups excluding carboxylic acids is 2. The topological polar surface area (TPSA) is 172 Å². The SMILES string of the molecule is CCCCCCCC/C=C\C/C=C\C/C=C\CCCC(=O)OC[C@H](COP(=O)(O)OC[C@H](N)C(=O)O)OC(=O)CCCCCCCCCCCCCCCCCCCCC. The summed E-state index contributed by atoms with van der Waals surface area (Å²) in [6.45, 7) is 2.78. The van der Waals surface area contributed by atoms with Gasteiger partial charge in [0.2, 0.25) is 0 Å². The highest BCUT2D eigenvalue weighted by Crippen LogP contribution is 2.43. The molecule has 60 heavy (non-hydrogen) atoms. The van der Waals surface area contributed by atoms with E-state index in [9.17, 15) is 23.8 Å². The molecule has 0 aromatic rings. The maximum atomic E-state index is 12.7. The van der Waals surface area contributed by atoms with Crippen molar-refractivity contribution in [1.82, 2.24) is 0 Å². The number of phosphoric ester groups is 1. The van der Waals surface area contributed by atoms with Crippen molar-refractivity contribution in [2.24, 2.45) is 5.73 Å². The number of unbranched alkanes of at least 4 members (excludes halogenated alkanes) is 25. The fourth-order valence-corrected chi connectivity index (χ4v) is 7.39. The second-order valence-electron chi connectivity index (χ2n) is 16.2. The van der Waals surface area contributed by atoms with Gasteiger partial charge in [0, 0.05) is 12.8 Å². The molecule has 0 aliphatic rings. The first-order valence-electron chi connectivity index (χ1n) is 24.0. The van der Waals surface area contributed by atoms with E-state index in [4.69, 9.17) is 24.8 Å². The Morgan fingerprint density at radius 3 is 1.37 bits per heavy atom. The van der Waals surface area contributed by atoms with Crippen LogP contribution in [0.3, 0.4) is 0 Å². The predicted molar refractivity (Wildman–Crippen MR) is 245 cm³/mol. The molecule has 350 valence electrons. The molecule has 4 N–H and O–H groups in total. The molecular weight excluding hydrogens is 781 g/mol. The zero-order chi connectivity index (χ0) is 44.2. The molecule has 0 aromatic heterocycles. The van der Waals surface area contributed by atoms with Gasteiger partial charge >= 0.3 is 25.7 Å². The Labute approximate surface area is 365 Å². The van der Waals surface area contributed by atoms with E-state index in [1.165, 1.54) is 135 Å². The quantitative estimate of drug-likeness (QED) is 0.0230. The van der Waals surface area contributed by atoms with Gasteiger partial charge in [-0.1, -0.05) is 198 Å². The van der Waals surface area contributed by atoms with Crippen molar-refractivity contribution in [3.63, 3.8) is 0 Å². The molecule has 0 heterocycles. The first-order valence-corrected chi connectivity index (χ1v) is 25.5. The van der Waals surface area contributed by atoms with Crippen LogP contribution in [0.5, 0.6) is 0 Å². The summed E-state index contributed by atoms with van der Waals surface area (Å²) in [7, 11) is -4.73. The molecular formula is C48H88NO10P. The van der Waals surface area contributed by atoms with Crippen molar-refractivity contribution >= 4 is 25.7 Å². The smallest absolute Gasteiger partial charge is 0.472 e. The molecule has 0 radical (unpaired) electrons. The number of hydrogen-bond acceptors (Lipinski definition) is 9. The lowest BCUT2D eigenvalue weighted by Crippen LogP contribution is -2.34. The highest BCUT2D eigenvalue weighted by Gasteiger charge is 2.28. The Morgan fingerprint density at radius 1 is 0.517 bits per heavy atom. The molecule has 0 amide bonds. The lowest BCUT2D eigenvalue weighted by Gasteiger charge is -2.20. The summed E-state index contributed by atoms with van der Waals surface area (Å²) in [4.78, 5) is 46.0. The number of hydrogen-bond donors (Lipinski definition) is 3. The highest BCUT2D eigenvalue weighted by atomic mass is 31.2. The number of carbonyl (C=O) groups is 3. The standard InChI is InChI=1S/C48H88NO10P/c1-3-5-7-9-11-13-15-17-19-21-22-24-26-28-30-32-34-36-38-40-47(51)59-44(42-57-60(54,55)58-43-45(49)48(52)53)41-56-46(50)39-37-35-33-31-29-27-25-23-20-18-16-14-12-10-8-6-4-2/h18,20,25,27,31,33,44-45H,3-17,19,21-24,26,28-30,32,34-43,49H2,1-2H3,(H,52,53)(H,54,55)/b20-18-,27-25-,33-31-/t44-,45+/m1/s1. The van der Waals surface area contributed by atoms with Gasteiger partial charge < -0.3 is 25.2 Å². The highest BCUT2D eigenvalue weighted by molar-refractivity contribution is 7.47. The van der Waals surface area contributed by atoms with Crippen LogP contribution in [0.1, 0.15) is 219 Å². The summed E-state index contributed by atoms with van der Waals surface area (Å²) >= 11 is 0. The molecule has 1 unspecified atom stereocenters. The van der Waals surface area contributed by atoms with E-state index in [0.29, 0.717) is 19.3 Å². The molecule has 0 fully saturated rings. The van der Waals surface area contributed by atoms with Crippen LogP contribution in [0.15, 0.2) is 36.5 Å². The van der Waals surface area contributed by atoms with Crippen LogP contribution in [-0.2, 0) is 37.5 Å². The molecule has 0 bridgehead atoms. The van der Waals surface area contributed by atoms with E-state index in [2.05, 4.69) is 48.8 Å². The Balaban J connectivity index is 4.35. The summed E-state index contributed by atoms with van der Waals surface area (Å²) in [5.74, 6) is -2.43. The van der Waals surface area contributed by atoms with Crippen molar-refractivity contribution < 1.29 is 47.5 Å². The van der Waals surface area contributed by atoms with Crippen LogP contribution in [-0.4, -0.2) is 59.9 Å². The molecule has 0 aliphatic carbocycles. The van der Waals surface area contributed by atoms with E-state index >= 15 is 0 Å². The fourth-order valence-electron chi connectivity index (χ4n) is 6.61. The Kier molecular flexibility index (Phi) is 41.7. The monoisotopic (exact) mass is 870 g/mol. The van der Waals surface area contributed by atoms with Gasteiger partial charge in [0.1, 0.15) is 12.6 Å². The molecule has 0 rings (SSSR count). The zero-order valence-electron chi connectivity index (χ0n) is 38.1. The molecule has 11 nitrogen and oxygen atoms in total. The molecule has 0 aromatic carbocycles. The van der Waals surface area contributed by atoms with E-state index in [1.54, 1.807) is 0 Å². The van der Waals surface area contributed by atoms with Crippen LogP contribution in [0.4, 0.5) is 0 Å². The lowest BCUT2D eigenvalue weighted by molar-refractivity contribution is -0.161. The summed E-state index contributed by atoms with van der Waals surface area (Å²) in [6.07, 6.45) is 47.9. The summed E-state index contributed by atoms with van der Waals surface area (Å²) in [6, 6.07) is -1.53. The van der Waals surface area contributed by atoms with Crippen molar-refractivity contribution in [2.75, 3.05) is 19.8 Å². The number of rotatable bonds is 45. The summed E-state index contributed by atoms with van der Waals surface area (Å²) < 4.78 is 32.7. The van der Waals surface area contributed by atoms with Gasteiger partial charge in [0.15, 0.2) is 6.10 Å². The minimum atomic E-state index is -4.73. The Hall–Kier alpha value is -2.30. The van der Waals surface area contributed by atoms with E-state index in [1.807, 2.05) is 6.08 Å². The van der Waals surface area contributed by atoms with Crippen molar-refractivity contribution in [1.29, 1.82) is 0 Å². The number of carboxylic acids is 1. The number of carboxylic acid groups (broad SMARTS) is 1. The van der Waals surface area contributed by atoms with Gasteiger partial charge in [-0.2, -0.15) is 0 Å². The van der Waals surface area contributed by atoms with Crippen molar-refractivity contribution in [2.45, 2.75) is 231 Å². The van der Waals surface area contributed by atoms with Gasteiger partial charge in [0.25, 0.3) is 0 Å². The first kappa shape index (κ1) is 57.7. The van der Waals surface area contributed by atoms with Gasteiger partial charge in [-0.05, 0) is 44.9 Å². The molecule has 0 spiro atoms. The first-order chi connectivity index (χ1) is 29.1. The van der Waals surface area contributed by atoms with Crippen molar-refractivity contribution in [3.05, 3.63) is 36.5 Å². The largest absolute Gasteiger partial charge is 0.480 e. The maximum Gasteiger partial charge on any atom is 0.472 e. The molecule has 0 saturated carbocycles. The fraction of sp³-hybridized carbons (Fsp3) is 0.812. The lowest BCUT2D eigenvalue weighted by atomic mass is 10.0. The second-order valence-corrected chi connectivity index (χ2v) is 17.7. The minimum absolute atomic E-state index is 0.152. The van der Waals surface area contributed by atoms with Crippen LogP contribution < -0.4 is 5.73 Å². The number of allylic oxidation sites excluding steroid dienone is 6. The Bertz CT molecular complexity index is 1160. The van der Waals surface area contributed by atoms with Crippen molar-refractivity contribution in [3.8, 4) is 0 Å². The Morgan fingerprint density at radius 2 is 0.900 bits per heavy atom. The van der Waals surface area contributed by atoms with Crippen LogP contribution in [0.25, 0.3) is 0 Å². The predicted octanol–water partition coefficient (Wildman–Crippen LogP) is 13.2. The van der Waals surface area contributed by atoms with E-state index < -0.39 is 51.1 Å². The summed E-state index contributed by atoms with van der Waals surface area (Å²) in [5.41, 5.74) is 5.34. The van der Waals surface area contributed by atoms with Crippen LogP contribution in [0, 0.1) is 0 Å². The number of phosphoric acid groups is 1. The number of esters is 2. The third-order valence-electron chi connectivity index (χ3n) is 10.4. The van der Waals surface area contributed by atoms with Crippen LogP contribution >= 0.6 is 7.82 Å². The molecule has 12 heteroatoms. The van der Waals surface area contributed by atoms with Gasteiger partial charge in [-0.3, -0.25) is 23.4 Å². The number of aliphatic carboxylic acids is 1. The number of ether oxygens (including phenoxy) is 2. The van der Waals surface area contributed by atoms with Crippen LogP contribution in [0.2, 0.25) is 0 Å². The average Bonchev–Trinajstić information content (AvgIpc) is 3.22. The summed E-state index contributed by atoms with van der Waals surface area (Å²) in [5, 5.41) is 8.90. The second kappa shape index (κ2) is 43.4. The van der Waals surface area contributed by atoms with Gasteiger partial charge in [-0.15, -0.1) is 0 Å². The molecule has 0 aliphatic heterocycles. The third-order valence-corrected chi connectivity index (χ3v) is 11.3. The molecule has 0 saturated heterocycles.